The molecule has 3 heteroatoms. The number of benzene rings is 7. The van der Waals surface area contributed by atoms with E-state index in [4.69, 9.17) is 4.42 Å². The molecule has 63 heavy (non-hydrogen) atoms. The topological polar surface area (TPSA) is 19.6 Å². The lowest BCUT2D eigenvalue weighted by Gasteiger charge is -2.33. The van der Waals surface area contributed by atoms with Gasteiger partial charge in [0, 0.05) is 44.9 Å². The van der Waals surface area contributed by atoms with E-state index in [1.54, 1.807) is 0 Å². The van der Waals surface area contributed by atoms with Crippen LogP contribution in [0.4, 0.5) is 28.4 Å². The second-order valence-electron chi connectivity index (χ2n) is 22.0. The first kappa shape index (κ1) is 42.3. The van der Waals surface area contributed by atoms with Gasteiger partial charge in [-0.15, -0.1) is 0 Å². The summed E-state index contributed by atoms with van der Waals surface area (Å²) in [6.07, 6.45) is 6.75. The zero-order chi connectivity index (χ0) is 44.6. The lowest BCUT2D eigenvalue weighted by Crippen LogP contribution is -2.20. The van der Waals surface area contributed by atoms with E-state index in [-0.39, 0.29) is 21.7 Å². The number of furan rings is 1. The number of rotatable bonds is 6. The maximum atomic E-state index is 6.77. The van der Waals surface area contributed by atoms with Crippen molar-refractivity contribution >= 4 is 71.9 Å². The third-order valence-corrected chi connectivity index (χ3v) is 13.2. The maximum absolute atomic E-state index is 6.77. The highest BCUT2D eigenvalue weighted by Gasteiger charge is 2.25. The van der Waals surface area contributed by atoms with Crippen molar-refractivity contribution in [3.05, 3.63) is 174 Å². The molecule has 320 valence electrons. The Labute approximate surface area is 375 Å². The average Bonchev–Trinajstić information content (AvgIpc) is 3.57. The molecule has 0 N–H and O–H groups in total. The monoisotopic (exact) mass is 829 g/mol. The quantitative estimate of drug-likeness (QED) is 0.166. The van der Waals surface area contributed by atoms with Crippen molar-refractivity contribution in [3.63, 3.8) is 0 Å². The zero-order valence-corrected chi connectivity index (χ0v) is 39.6. The van der Waals surface area contributed by atoms with Gasteiger partial charge in [0.1, 0.15) is 11.2 Å². The fraction of sp³-hybridized carbons (Fsp3) is 0.300. The van der Waals surface area contributed by atoms with E-state index in [1.807, 2.05) is 0 Å². The van der Waals surface area contributed by atoms with Crippen LogP contribution in [0.15, 0.2) is 161 Å². The molecule has 0 saturated carbocycles. The highest BCUT2D eigenvalue weighted by molar-refractivity contribution is 6.14. The van der Waals surface area contributed by atoms with Crippen LogP contribution in [0.1, 0.15) is 113 Å². The molecule has 0 saturated heterocycles. The third kappa shape index (κ3) is 8.31. The van der Waals surface area contributed by atoms with E-state index in [1.165, 1.54) is 44.4 Å². The molecule has 3 nitrogen and oxygen atoms in total. The van der Waals surface area contributed by atoms with Crippen LogP contribution in [0.2, 0.25) is 0 Å². The molecule has 0 aliphatic heterocycles. The molecule has 0 radical (unpaired) electrons. The summed E-state index contributed by atoms with van der Waals surface area (Å²) < 4.78 is 6.77. The Balaban J connectivity index is 1.12. The smallest absolute Gasteiger partial charge is 0.136 e. The summed E-state index contributed by atoms with van der Waals surface area (Å²) in [4.78, 5) is 4.83. The van der Waals surface area contributed by atoms with Gasteiger partial charge in [0.15, 0.2) is 0 Å². The van der Waals surface area contributed by atoms with Gasteiger partial charge in [-0.1, -0.05) is 143 Å². The van der Waals surface area contributed by atoms with Crippen LogP contribution in [-0.4, -0.2) is 0 Å². The Bertz CT molecular complexity index is 3000. The molecule has 0 atom stereocenters. The minimum absolute atomic E-state index is 0.0767. The normalized spacial score (nSPS) is 14.1. The first-order valence-electron chi connectivity index (χ1n) is 22.9. The van der Waals surface area contributed by atoms with Crippen molar-refractivity contribution in [1.29, 1.82) is 0 Å². The van der Waals surface area contributed by atoms with Crippen molar-refractivity contribution in [2.75, 3.05) is 9.80 Å². The Morgan fingerprint density at radius 2 is 0.730 bits per heavy atom. The highest BCUT2D eigenvalue weighted by atomic mass is 16.3. The van der Waals surface area contributed by atoms with Gasteiger partial charge in [-0.2, -0.15) is 0 Å². The van der Waals surface area contributed by atoms with E-state index < -0.39 is 0 Å². The molecule has 0 bridgehead atoms. The predicted molar refractivity (Wildman–Crippen MR) is 273 cm³/mol. The Morgan fingerprint density at radius 3 is 1.10 bits per heavy atom. The molecule has 9 rings (SSSR count). The lowest BCUT2D eigenvalue weighted by atomic mass is 9.81. The van der Waals surface area contributed by atoms with Gasteiger partial charge >= 0.3 is 0 Å². The largest absolute Gasteiger partial charge is 0.456 e. The Kier molecular flexibility index (Phi) is 10.3. The van der Waals surface area contributed by atoms with Crippen LogP contribution in [-0.2, 0) is 16.2 Å². The van der Waals surface area contributed by atoms with Gasteiger partial charge in [0.25, 0.3) is 0 Å². The highest BCUT2D eigenvalue weighted by Crippen LogP contribution is 2.43. The molecule has 7 aromatic carbocycles. The van der Waals surface area contributed by atoms with E-state index >= 15 is 0 Å². The van der Waals surface area contributed by atoms with E-state index in [2.05, 4.69) is 238 Å². The minimum Gasteiger partial charge on any atom is -0.456 e. The molecule has 0 fully saturated rings. The lowest BCUT2D eigenvalue weighted by molar-refractivity contribution is 0.479. The van der Waals surface area contributed by atoms with Gasteiger partial charge in [0.2, 0.25) is 0 Å². The summed E-state index contributed by atoms with van der Waals surface area (Å²) in [6.45, 7) is 27.4. The summed E-state index contributed by atoms with van der Waals surface area (Å²) in [5, 5.41) is 6.97. The van der Waals surface area contributed by atoms with Gasteiger partial charge in [0.05, 0.1) is 0 Å². The SMILES string of the molecule is CC(C)(C)C1=CC=C(N(c2ccc(C(C)(C)C)cc2)c2ccc3cc4c(cc3c2)oc2cc3cc(N(c5ccc(C(C)(C)C)cc5)c5ccc(C(C)(C)C)cc5)ccc3cc24)CC1. The molecule has 0 amide bonds. The minimum atomic E-state index is 0.0767. The van der Waals surface area contributed by atoms with Crippen LogP contribution in [0.25, 0.3) is 43.5 Å². The summed E-state index contributed by atoms with van der Waals surface area (Å²) in [7, 11) is 0. The number of fused-ring (bicyclic) bond motifs is 5. The first-order chi connectivity index (χ1) is 29.7. The molecule has 8 aromatic rings. The van der Waals surface area contributed by atoms with E-state index in [9.17, 15) is 0 Å². The van der Waals surface area contributed by atoms with Gasteiger partial charge in [-0.25, -0.2) is 0 Å². The van der Waals surface area contributed by atoms with E-state index in [0.29, 0.717) is 0 Å². The number of nitrogens with zero attached hydrogens (tertiary/aromatic N) is 2. The number of anilines is 5. The third-order valence-electron chi connectivity index (χ3n) is 13.2. The van der Waals surface area contributed by atoms with Gasteiger partial charge in [-0.05, 0) is 164 Å². The fourth-order valence-electron chi connectivity index (χ4n) is 9.21. The van der Waals surface area contributed by atoms with Crippen molar-refractivity contribution in [1.82, 2.24) is 0 Å². The molecular weight excluding hydrogens is 765 g/mol. The molecule has 1 aliphatic rings. The second-order valence-corrected chi connectivity index (χ2v) is 22.0. The van der Waals surface area contributed by atoms with Gasteiger partial charge in [-0.3, -0.25) is 0 Å². The summed E-state index contributed by atoms with van der Waals surface area (Å²) in [5.74, 6) is 0. The molecule has 0 unspecified atom stereocenters. The van der Waals surface area contributed by atoms with Crippen LogP contribution < -0.4 is 9.80 Å². The van der Waals surface area contributed by atoms with Crippen molar-refractivity contribution in [2.24, 2.45) is 5.41 Å². The number of hydrogen-bond donors (Lipinski definition) is 0. The van der Waals surface area contributed by atoms with Crippen LogP contribution in [0.5, 0.6) is 0 Å². The maximum Gasteiger partial charge on any atom is 0.136 e. The molecular formula is C60H64N2O. The summed E-state index contributed by atoms with van der Waals surface area (Å²) in [6, 6.07) is 50.1. The number of allylic oxidation sites excluding steroid dienone is 4. The van der Waals surface area contributed by atoms with Crippen molar-refractivity contribution in [2.45, 2.75) is 112 Å². The predicted octanol–water partition coefficient (Wildman–Crippen LogP) is 18.0. The standard InChI is InChI=1S/C60H64N2O/c1-57(2,3)43-15-25-47(26-16-43)61(48-27-17-44(18-28-48)58(4,5)6)51-23-13-39-35-53-54-36-40-14-24-52(34-42(40)38-56(54)63-55(53)37-41(39)33-51)62(49-29-19-45(20-30-49)59(7,8)9)50-31-21-46(22-32-50)60(10,11)12/h13-21,23-31,33-38H,22,32H2,1-12H3. The van der Waals surface area contributed by atoms with E-state index in [0.717, 1.165) is 68.3 Å². The Hall–Kier alpha value is -6.06. The fourth-order valence-corrected chi connectivity index (χ4v) is 9.21. The van der Waals surface area contributed by atoms with Crippen molar-refractivity contribution in [3.8, 4) is 0 Å². The molecule has 1 aromatic heterocycles. The average molecular weight is 829 g/mol. The molecule has 0 spiro atoms. The van der Waals surface area contributed by atoms with Crippen molar-refractivity contribution < 1.29 is 4.42 Å². The van der Waals surface area contributed by atoms with Crippen LogP contribution in [0, 0.1) is 5.41 Å². The molecule has 1 aliphatic carbocycles. The first-order valence-corrected chi connectivity index (χ1v) is 22.9. The van der Waals surface area contributed by atoms with Crippen LogP contribution >= 0.6 is 0 Å². The van der Waals surface area contributed by atoms with Gasteiger partial charge < -0.3 is 14.2 Å². The summed E-state index contributed by atoms with van der Waals surface area (Å²) >= 11 is 0. The second kappa shape index (κ2) is 15.3. The Morgan fingerprint density at radius 1 is 0.349 bits per heavy atom. The zero-order valence-electron chi connectivity index (χ0n) is 39.6. The summed E-state index contributed by atoms with van der Waals surface area (Å²) in [5.41, 5.74) is 14.7. The van der Waals surface area contributed by atoms with Crippen LogP contribution in [0.3, 0.4) is 0 Å². The molecule has 1 heterocycles. The number of hydrogen-bond acceptors (Lipinski definition) is 3.